The van der Waals surface area contributed by atoms with Crippen molar-refractivity contribution in [2.24, 2.45) is 0 Å². The second kappa shape index (κ2) is 7.63. The molecule has 0 amide bonds. The number of aromatic nitrogens is 3. The van der Waals surface area contributed by atoms with Gasteiger partial charge in [-0.25, -0.2) is 4.98 Å². The summed E-state index contributed by atoms with van der Waals surface area (Å²) >= 11 is 4.89. The van der Waals surface area contributed by atoms with Crippen molar-refractivity contribution in [1.82, 2.24) is 15.2 Å². The van der Waals surface area contributed by atoms with Gasteiger partial charge in [0.2, 0.25) is 5.13 Å². The van der Waals surface area contributed by atoms with E-state index in [-0.39, 0.29) is 0 Å². The Kier molecular flexibility index (Phi) is 4.70. The van der Waals surface area contributed by atoms with Gasteiger partial charge in [0.05, 0.1) is 10.6 Å². The van der Waals surface area contributed by atoms with Crippen molar-refractivity contribution in [3.8, 4) is 31.7 Å². The van der Waals surface area contributed by atoms with Crippen molar-refractivity contribution in [3.05, 3.63) is 77.5 Å². The Bertz CT molecular complexity index is 1180. The molecule has 3 heterocycles. The van der Waals surface area contributed by atoms with Crippen molar-refractivity contribution in [3.63, 3.8) is 0 Å². The first kappa shape index (κ1) is 17.2. The fourth-order valence-electron chi connectivity index (χ4n) is 2.74. The molecule has 0 aliphatic rings. The van der Waals surface area contributed by atoms with Gasteiger partial charge >= 0.3 is 0 Å². The number of hydrogen-bond acceptors (Lipinski definition) is 7. The van der Waals surface area contributed by atoms with Crippen LogP contribution in [-0.2, 0) is 0 Å². The number of hydrogen-bond donors (Lipinski definition) is 1. The van der Waals surface area contributed by atoms with Crippen LogP contribution in [0.5, 0.6) is 0 Å². The second-order valence-electron chi connectivity index (χ2n) is 6.00. The number of benzene rings is 2. The van der Waals surface area contributed by atoms with Gasteiger partial charge in [-0.2, -0.15) is 0 Å². The first-order valence-corrected chi connectivity index (χ1v) is 11.2. The van der Waals surface area contributed by atoms with Gasteiger partial charge in [0.15, 0.2) is 5.01 Å². The Morgan fingerprint density at radius 2 is 1.57 bits per heavy atom. The average Bonchev–Trinajstić information content (AvgIpc) is 3.50. The third-order valence-electron chi connectivity index (χ3n) is 4.11. The molecule has 1 N–H and O–H groups in total. The largest absolute Gasteiger partial charge is 0.330 e. The zero-order chi connectivity index (χ0) is 18.8. The second-order valence-corrected chi connectivity index (χ2v) is 8.78. The summed E-state index contributed by atoms with van der Waals surface area (Å²) in [5, 5.41) is 18.7. The van der Waals surface area contributed by atoms with E-state index in [1.54, 1.807) is 34.0 Å². The van der Waals surface area contributed by atoms with E-state index in [0.717, 1.165) is 42.5 Å². The van der Waals surface area contributed by atoms with Gasteiger partial charge in [-0.1, -0.05) is 59.9 Å². The van der Waals surface area contributed by atoms with Crippen LogP contribution in [0.25, 0.3) is 31.7 Å². The van der Waals surface area contributed by atoms with Crippen molar-refractivity contribution < 1.29 is 0 Å². The molecule has 3 aromatic heterocycles. The molecule has 0 aliphatic carbocycles. The van der Waals surface area contributed by atoms with Crippen LogP contribution in [0.4, 0.5) is 10.8 Å². The van der Waals surface area contributed by atoms with Gasteiger partial charge in [-0.15, -0.1) is 32.9 Å². The third kappa shape index (κ3) is 3.60. The first-order valence-electron chi connectivity index (χ1n) is 8.61. The molecule has 0 spiro atoms. The van der Waals surface area contributed by atoms with E-state index in [9.17, 15) is 0 Å². The lowest BCUT2D eigenvalue weighted by Crippen LogP contribution is -1.89. The molecule has 5 rings (SSSR count). The van der Waals surface area contributed by atoms with Crippen LogP contribution in [-0.4, -0.2) is 15.2 Å². The summed E-state index contributed by atoms with van der Waals surface area (Å²) in [7, 11) is 0. The fourth-order valence-corrected chi connectivity index (χ4v) is 5.13. The summed E-state index contributed by atoms with van der Waals surface area (Å²) in [6.45, 7) is 0. The molecule has 0 radical (unpaired) electrons. The lowest BCUT2D eigenvalue weighted by molar-refractivity contribution is 1.10. The molecule has 0 aliphatic heterocycles. The molecule has 0 fully saturated rings. The fraction of sp³-hybridized carbons (Fsp3) is 0. The minimum Gasteiger partial charge on any atom is -0.330 e. The van der Waals surface area contributed by atoms with Gasteiger partial charge in [-0.3, -0.25) is 0 Å². The molecule has 4 nitrogen and oxygen atoms in total. The SMILES string of the molecule is c1ccc(-c2nc(-c3ccc(Nc4nnc(-c5cccs5)s4)cc3)cs2)cc1. The number of thiophene rings is 1. The van der Waals surface area contributed by atoms with Crippen molar-refractivity contribution in [2.75, 3.05) is 5.32 Å². The van der Waals surface area contributed by atoms with Crippen molar-refractivity contribution in [1.29, 1.82) is 0 Å². The minimum absolute atomic E-state index is 0.788. The van der Waals surface area contributed by atoms with Gasteiger partial charge < -0.3 is 5.32 Å². The summed E-state index contributed by atoms with van der Waals surface area (Å²) in [6, 6.07) is 22.6. The summed E-state index contributed by atoms with van der Waals surface area (Å²) < 4.78 is 0. The minimum atomic E-state index is 0.788. The van der Waals surface area contributed by atoms with Crippen LogP contribution in [0.2, 0.25) is 0 Å². The van der Waals surface area contributed by atoms with E-state index < -0.39 is 0 Å². The van der Waals surface area contributed by atoms with Crippen LogP contribution in [0.15, 0.2) is 77.5 Å². The molecular formula is C21H14N4S3. The number of nitrogens with zero attached hydrogens (tertiary/aromatic N) is 3. The van der Waals surface area contributed by atoms with Crippen molar-refractivity contribution in [2.45, 2.75) is 0 Å². The maximum absolute atomic E-state index is 4.78. The molecule has 7 heteroatoms. The quantitative estimate of drug-likeness (QED) is 0.341. The molecule has 0 unspecified atom stereocenters. The standard InChI is InChI=1S/C21H14N4S3/c1-2-5-15(6-3-1)19-23-17(13-27-19)14-8-10-16(11-9-14)22-21-25-24-20(28-21)18-7-4-12-26-18/h1-13H,(H,22,25). The number of thiazole rings is 1. The molecule has 0 saturated carbocycles. The highest BCUT2D eigenvalue weighted by molar-refractivity contribution is 7.23. The van der Waals surface area contributed by atoms with E-state index in [0.29, 0.717) is 0 Å². The van der Waals surface area contributed by atoms with Crippen LogP contribution in [0, 0.1) is 0 Å². The highest BCUT2D eigenvalue weighted by Gasteiger charge is 2.09. The van der Waals surface area contributed by atoms with Gasteiger partial charge in [0.25, 0.3) is 0 Å². The summed E-state index contributed by atoms with van der Waals surface area (Å²) in [4.78, 5) is 5.91. The molecule has 2 aromatic carbocycles. The zero-order valence-corrected chi connectivity index (χ0v) is 17.0. The summed E-state index contributed by atoms with van der Waals surface area (Å²) in [5.41, 5.74) is 4.22. The molecule has 0 saturated heterocycles. The number of rotatable bonds is 5. The van der Waals surface area contributed by atoms with Crippen LogP contribution in [0.3, 0.4) is 0 Å². The Balaban J connectivity index is 1.32. The lowest BCUT2D eigenvalue weighted by atomic mass is 10.1. The molecule has 28 heavy (non-hydrogen) atoms. The van der Waals surface area contributed by atoms with Crippen LogP contribution >= 0.6 is 34.0 Å². The van der Waals surface area contributed by atoms with Gasteiger partial charge in [-0.05, 0) is 23.6 Å². The smallest absolute Gasteiger partial charge is 0.210 e. The normalized spacial score (nSPS) is 10.9. The molecule has 5 aromatic rings. The van der Waals surface area contributed by atoms with Gasteiger partial charge in [0, 0.05) is 22.2 Å². The lowest BCUT2D eigenvalue weighted by Gasteiger charge is -2.03. The zero-order valence-electron chi connectivity index (χ0n) is 14.6. The van der Waals surface area contributed by atoms with E-state index in [2.05, 4.69) is 51.2 Å². The molecule has 136 valence electrons. The predicted molar refractivity (Wildman–Crippen MR) is 119 cm³/mol. The highest BCUT2D eigenvalue weighted by atomic mass is 32.1. The predicted octanol–water partition coefficient (Wildman–Crippen LogP) is 6.80. The summed E-state index contributed by atoms with van der Waals surface area (Å²) in [6.07, 6.45) is 0. The average molecular weight is 419 g/mol. The molecule has 0 atom stereocenters. The monoisotopic (exact) mass is 418 g/mol. The number of nitrogens with one attached hydrogen (secondary N) is 1. The van der Waals surface area contributed by atoms with E-state index in [4.69, 9.17) is 4.98 Å². The Morgan fingerprint density at radius 1 is 0.714 bits per heavy atom. The van der Waals surface area contributed by atoms with Gasteiger partial charge in [0.1, 0.15) is 5.01 Å². The van der Waals surface area contributed by atoms with E-state index in [1.807, 2.05) is 41.8 Å². The van der Waals surface area contributed by atoms with E-state index >= 15 is 0 Å². The highest BCUT2D eigenvalue weighted by Crippen LogP contribution is 2.32. The Labute approximate surface area is 174 Å². The third-order valence-corrected chi connectivity index (χ3v) is 6.88. The maximum atomic E-state index is 4.78. The summed E-state index contributed by atoms with van der Waals surface area (Å²) in [5.74, 6) is 0. The molecular weight excluding hydrogens is 404 g/mol. The topological polar surface area (TPSA) is 50.7 Å². The number of anilines is 2. The first-order chi connectivity index (χ1) is 13.8. The van der Waals surface area contributed by atoms with Crippen molar-refractivity contribution >= 4 is 44.8 Å². The molecule has 0 bridgehead atoms. The Hall–Kier alpha value is -2.87. The maximum Gasteiger partial charge on any atom is 0.210 e. The Morgan fingerprint density at radius 3 is 2.36 bits per heavy atom. The van der Waals surface area contributed by atoms with E-state index in [1.165, 1.54) is 0 Å². The van der Waals surface area contributed by atoms with Crippen LogP contribution < -0.4 is 5.32 Å². The van der Waals surface area contributed by atoms with Crippen LogP contribution in [0.1, 0.15) is 0 Å².